The van der Waals surface area contributed by atoms with Crippen LogP contribution in [0.1, 0.15) is 6.92 Å². The minimum atomic E-state index is -0.128. The topological polar surface area (TPSA) is 78.2 Å². The molecule has 0 amide bonds. The summed E-state index contributed by atoms with van der Waals surface area (Å²) in [6, 6.07) is 2.14. The van der Waals surface area contributed by atoms with Crippen molar-refractivity contribution < 1.29 is 0 Å². The second-order valence-corrected chi connectivity index (χ2v) is 4.00. The maximum Gasteiger partial charge on any atom is 0.181 e. The van der Waals surface area contributed by atoms with Gasteiger partial charge in [-0.25, -0.2) is 15.0 Å². The van der Waals surface area contributed by atoms with Crippen LogP contribution in [-0.2, 0) is 0 Å². The van der Waals surface area contributed by atoms with Crippen molar-refractivity contribution in [2.45, 2.75) is 17.2 Å². The highest BCUT2D eigenvalue weighted by molar-refractivity contribution is 8.00. The van der Waals surface area contributed by atoms with E-state index in [2.05, 4.69) is 26.0 Å². The lowest BCUT2D eigenvalue weighted by Crippen LogP contribution is -1.93. The van der Waals surface area contributed by atoms with Crippen LogP contribution in [0.15, 0.2) is 17.7 Å². The summed E-state index contributed by atoms with van der Waals surface area (Å²) in [4.78, 5) is 15.0. The van der Waals surface area contributed by atoms with Gasteiger partial charge in [-0.2, -0.15) is 5.26 Å². The number of nitrogens with zero attached hydrogens (tertiary/aromatic N) is 4. The molecule has 0 saturated heterocycles. The molecule has 2 rings (SSSR count). The van der Waals surface area contributed by atoms with E-state index in [-0.39, 0.29) is 5.25 Å². The summed E-state index contributed by atoms with van der Waals surface area (Å²) in [6.45, 7) is 1.83. The maximum atomic E-state index is 8.68. The first kappa shape index (κ1) is 8.97. The van der Waals surface area contributed by atoms with E-state index < -0.39 is 0 Å². The van der Waals surface area contributed by atoms with Crippen LogP contribution in [0.5, 0.6) is 0 Å². The van der Waals surface area contributed by atoms with E-state index in [4.69, 9.17) is 5.26 Å². The molecule has 0 aliphatic carbocycles. The first-order valence-electron chi connectivity index (χ1n) is 4.01. The molecule has 1 atom stereocenters. The van der Waals surface area contributed by atoms with Gasteiger partial charge in [0.1, 0.15) is 16.9 Å². The zero-order chi connectivity index (χ0) is 9.97. The van der Waals surface area contributed by atoms with E-state index in [9.17, 15) is 0 Å². The molecule has 2 aromatic heterocycles. The molecule has 2 heterocycles. The third-order valence-corrected chi connectivity index (χ3v) is 2.65. The summed E-state index contributed by atoms with van der Waals surface area (Å²) in [5.74, 6) is 0. The van der Waals surface area contributed by atoms with Crippen LogP contribution >= 0.6 is 11.8 Å². The highest BCUT2D eigenvalue weighted by atomic mass is 32.2. The fourth-order valence-electron chi connectivity index (χ4n) is 1.03. The van der Waals surface area contributed by atoms with Gasteiger partial charge in [0, 0.05) is 0 Å². The van der Waals surface area contributed by atoms with Gasteiger partial charge in [0.2, 0.25) is 0 Å². The standard InChI is InChI=1S/C8H7N5S/c1-5(2-9)14-8-6-7(11-3-10-6)12-4-13-8/h3-5H,1H3,(H,10,11,12,13). The van der Waals surface area contributed by atoms with Crippen molar-refractivity contribution in [2.24, 2.45) is 0 Å². The van der Waals surface area contributed by atoms with Gasteiger partial charge in [-0.05, 0) is 6.92 Å². The molecule has 14 heavy (non-hydrogen) atoms. The molecule has 70 valence electrons. The Morgan fingerprint density at radius 1 is 1.50 bits per heavy atom. The van der Waals surface area contributed by atoms with Crippen molar-refractivity contribution in [3.05, 3.63) is 12.7 Å². The molecule has 1 unspecified atom stereocenters. The smallest absolute Gasteiger partial charge is 0.181 e. The maximum absolute atomic E-state index is 8.68. The number of fused-ring (bicyclic) bond motifs is 1. The molecule has 0 aromatic carbocycles. The SMILES string of the molecule is CC(C#N)Sc1ncnc2nc[nH]c12. The summed E-state index contributed by atoms with van der Waals surface area (Å²) in [5, 5.41) is 9.32. The average molecular weight is 205 g/mol. The Morgan fingerprint density at radius 3 is 3.14 bits per heavy atom. The van der Waals surface area contributed by atoms with E-state index in [0.717, 1.165) is 10.5 Å². The lowest BCUT2D eigenvalue weighted by molar-refractivity contribution is 1.08. The summed E-state index contributed by atoms with van der Waals surface area (Å²) in [5.41, 5.74) is 1.42. The Labute approximate surface area is 84.6 Å². The van der Waals surface area contributed by atoms with Crippen molar-refractivity contribution in [1.82, 2.24) is 19.9 Å². The van der Waals surface area contributed by atoms with Crippen LogP contribution in [0, 0.1) is 11.3 Å². The van der Waals surface area contributed by atoms with Crippen LogP contribution in [0.25, 0.3) is 11.2 Å². The molecule has 1 N–H and O–H groups in total. The van der Waals surface area contributed by atoms with Crippen LogP contribution in [-0.4, -0.2) is 25.2 Å². The number of H-pyrrole nitrogens is 1. The lowest BCUT2D eigenvalue weighted by Gasteiger charge is -2.01. The number of hydrogen-bond acceptors (Lipinski definition) is 5. The van der Waals surface area contributed by atoms with Gasteiger partial charge in [0.25, 0.3) is 0 Å². The number of hydrogen-bond donors (Lipinski definition) is 1. The zero-order valence-corrected chi connectivity index (χ0v) is 8.25. The van der Waals surface area contributed by atoms with Crippen molar-refractivity contribution in [1.29, 1.82) is 5.26 Å². The fourth-order valence-corrected chi connectivity index (χ4v) is 1.79. The van der Waals surface area contributed by atoms with Crippen molar-refractivity contribution >= 4 is 22.9 Å². The fraction of sp³-hybridized carbons (Fsp3) is 0.250. The van der Waals surface area contributed by atoms with Crippen LogP contribution in [0.2, 0.25) is 0 Å². The summed E-state index contributed by atoms with van der Waals surface area (Å²) >= 11 is 1.39. The van der Waals surface area contributed by atoms with Gasteiger partial charge in [0.15, 0.2) is 5.65 Å². The molecule has 0 saturated carbocycles. The first-order valence-corrected chi connectivity index (χ1v) is 4.89. The summed E-state index contributed by atoms with van der Waals surface area (Å²) in [6.07, 6.45) is 3.02. The summed E-state index contributed by atoms with van der Waals surface area (Å²) < 4.78 is 0. The molecule has 0 aliphatic heterocycles. The Bertz CT molecular complexity index is 486. The highest BCUT2D eigenvalue weighted by Crippen LogP contribution is 2.25. The molecule has 0 fully saturated rings. The number of aromatic nitrogens is 4. The number of rotatable bonds is 2. The minimum Gasteiger partial charge on any atom is -0.341 e. The van der Waals surface area contributed by atoms with Gasteiger partial charge >= 0.3 is 0 Å². The van der Waals surface area contributed by atoms with Gasteiger partial charge in [0.05, 0.1) is 17.6 Å². The molecule has 0 bridgehead atoms. The van der Waals surface area contributed by atoms with E-state index in [0.29, 0.717) is 5.65 Å². The van der Waals surface area contributed by atoms with Crippen LogP contribution < -0.4 is 0 Å². The number of nitriles is 1. The lowest BCUT2D eigenvalue weighted by atomic mass is 10.5. The predicted molar refractivity (Wildman–Crippen MR) is 52.6 cm³/mol. The molecule has 6 heteroatoms. The summed E-state index contributed by atoms with van der Waals surface area (Å²) in [7, 11) is 0. The normalized spacial score (nSPS) is 12.6. The Morgan fingerprint density at radius 2 is 2.36 bits per heavy atom. The molecular formula is C8H7N5S. The van der Waals surface area contributed by atoms with E-state index >= 15 is 0 Å². The number of thioether (sulfide) groups is 1. The largest absolute Gasteiger partial charge is 0.341 e. The zero-order valence-electron chi connectivity index (χ0n) is 7.43. The Hall–Kier alpha value is -1.61. The number of nitrogens with one attached hydrogen (secondary N) is 1. The van der Waals surface area contributed by atoms with Gasteiger partial charge in [-0.1, -0.05) is 11.8 Å². The van der Waals surface area contributed by atoms with Gasteiger partial charge in [-0.3, -0.25) is 0 Å². The minimum absolute atomic E-state index is 0.128. The van der Waals surface area contributed by atoms with Crippen LogP contribution in [0.3, 0.4) is 0 Å². The molecule has 0 spiro atoms. The average Bonchev–Trinajstić information content (AvgIpc) is 2.66. The molecule has 0 radical (unpaired) electrons. The van der Waals surface area contributed by atoms with E-state index in [1.807, 2.05) is 6.92 Å². The second-order valence-electron chi connectivity index (χ2n) is 2.67. The van der Waals surface area contributed by atoms with Crippen molar-refractivity contribution in [2.75, 3.05) is 0 Å². The predicted octanol–water partition coefficient (Wildman–Crippen LogP) is 1.36. The molecular weight excluding hydrogens is 198 g/mol. The second kappa shape index (κ2) is 3.64. The quantitative estimate of drug-likeness (QED) is 0.591. The van der Waals surface area contributed by atoms with Crippen molar-refractivity contribution in [3.63, 3.8) is 0 Å². The van der Waals surface area contributed by atoms with Gasteiger partial charge in [-0.15, -0.1) is 0 Å². The first-order chi connectivity index (χ1) is 6.81. The molecule has 5 nitrogen and oxygen atoms in total. The monoisotopic (exact) mass is 205 g/mol. The third-order valence-electron chi connectivity index (χ3n) is 1.66. The van der Waals surface area contributed by atoms with E-state index in [1.165, 1.54) is 18.1 Å². The van der Waals surface area contributed by atoms with Crippen LogP contribution in [0.4, 0.5) is 0 Å². The van der Waals surface area contributed by atoms with E-state index in [1.54, 1.807) is 6.33 Å². The number of aromatic amines is 1. The third kappa shape index (κ3) is 1.54. The van der Waals surface area contributed by atoms with Gasteiger partial charge < -0.3 is 4.98 Å². The number of imidazole rings is 1. The molecule has 2 aromatic rings. The Balaban J connectivity index is 2.42. The Kier molecular flexibility index (Phi) is 2.33. The van der Waals surface area contributed by atoms with Crippen molar-refractivity contribution in [3.8, 4) is 6.07 Å². The molecule has 0 aliphatic rings. The highest BCUT2D eigenvalue weighted by Gasteiger charge is 2.09.